The van der Waals surface area contributed by atoms with Crippen LogP contribution in [0, 0.1) is 5.92 Å². The molecule has 0 spiro atoms. The van der Waals surface area contributed by atoms with E-state index in [9.17, 15) is 42.3 Å². The maximum absolute atomic E-state index is 14.6. The summed E-state index contributed by atoms with van der Waals surface area (Å²) in [6, 6.07) is 33.2. The number of imidazole rings is 2. The summed E-state index contributed by atoms with van der Waals surface area (Å²) >= 11 is 5.74. The molecule has 0 radical (unpaired) electrons. The van der Waals surface area contributed by atoms with Crippen LogP contribution in [0.1, 0.15) is 67.6 Å². The average Bonchev–Trinajstić information content (AvgIpc) is 3.56. The summed E-state index contributed by atoms with van der Waals surface area (Å²) < 4.78 is 44.2. The van der Waals surface area contributed by atoms with Crippen LogP contribution in [0.2, 0.25) is 0 Å². The first kappa shape index (κ1) is 57.7. The number of amides is 3. The molecule has 1 unspecified atom stereocenters. The number of nitrogens with zero attached hydrogens (tertiary/aromatic N) is 4. The van der Waals surface area contributed by atoms with Crippen LogP contribution < -0.4 is 36.9 Å². The Morgan fingerprint density at radius 1 is 0.837 bits per heavy atom. The molecule has 4 atom stereocenters. The number of thiocarbonyl (C=S) groups is 1. The van der Waals surface area contributed by atoms with Crippen LogP contribution in [-0.2, 0) is 63.8 Å². The van der Waals surface area contributed by atoms with E-state index in [1.807, 2.05) is 48.5 Å². The Hall–Kier alpha value is -10.1. The molecule has 4 aromatic heterocycles. The van der Waals surface area contributed by atoms with Crippen molar-refractivity contribution in [3.63, 3.8) is 0 Å². The van der Waals surface area contributed by atoms with E-state index < -0.39 is 81.5 Å². The first-order chi connectivity index (χ1) is 41.3. The van der Waals surface area contributed by atoms with Crippen molar-refractivity contribution in [2.24, 2.45) is 5.92 Å². The summed E-state index contributed by atoms with van der Waals surface area (Å²) in [6.07, 6.45) is 2.14. The summed E-state index contributed by atoms with van der Waals surface area (Å²) in [5.74, 6) is -4.20. The lowest BCUT2D eigenvalue weighted by Gasteiger charge is -2.37. The van der Waals surface area contributed by atoms with E-state index in [0.717, 1.165) is 16.5 Å². The Kier molecular flexibility index (Phi) is 16.0. The number of hydrogen-bond donors (Lipinski definition) is 9. The zero-order valence-electron chi connectivity index (χ0n) is 46.3. The van der Waals surface area contributed by atoms with E-state index in [-0.39, 0.29) is 58.6 Å². The minimum absolute atomic E-state index is 0.0282. The zero-order chi connectivity index (χ0) is 60.4. The van der Waals surface area contributed by atoms with Gasteiger partial charge in [0.15, 0.2) is 5.11 Å². The molecule has 25 heteroatoms. The van der Waals surface area contributed by atoms with Crippen molar-refractivity contribution in [3.8, 4) is 22.5 Å². The van der Waals surface area contributed by atoms with Gasteiger partial charge in [-0.3, -0.25) is 19.7 Å². The molecule has 86 heavy (non-hydrogen) atoms. The van der Waals surface area contributed by atoms with Crippen LogP contribution in [0.4, 0.5) is 22.1 Å². The number of pyridine rings is 2. The number of aromatic amines is 2. The lowest BCUT2D eigenvalue weighted by Crippen LogP contribution is -2.56. The predicted octanol–water partition coefficient (Wildman–Crippen LogP) is 7.77. The number of carbonyl (C=O) groups is 5. The number of carbonyl (C=O) groups excluding carboxylic acids is 4. The van der Waals surface area contributed by atoms with Gasteiger partial charge in [0.1, 0.15) is 18.7 Å². The van der Waals surface area contributed by atoms with Crippen LogP contribution in [0.15, 0.2) is 156 Å². The van der Waals surface area contributed by atoms with Crippen LogP contribution in [0.25, 0.3) is 44.5 Å². The molecule has 9 N–H and O–H groups in total. The summed E-state index contributed by atoms with van der Waals surface area (Å²) in [5.41, 5.74) is 4.34. The standard InChI is InChI=1S/C61H56N12O11S2/c1-4-61(44-27-50-53-38(22-36-12-5-6-19-45(36)66-53)30-73(50)55(77)43(44)31-83-57(61)79)84-56(78)52(33(2)3)70-54(76)49(26-41-29-62-32-63-41)69-60(85)65-40-17-10-15-37(24-40)48(28-51(74)75)72-86(81,82)42-18-11-14-35(25-42)34-13-9-16-39(23-34)64-59(80)71-58-67-46-20-7-8-21-47(46)68-58/h5-25,27,29,32-33,48-49,52,72H,4,26,28,30-31H2,1-3H3,(H,62,63)(H,70,76)(H,74,75)(H2,65,69,85)(H3,64,67,68,71,80)/t48?,49-,52-,61-/m0/s1. The fraction of sp³-hybridized carbons (Fsp3) is 0.213. The number of anilines is 3. The zero-order valence-corrected chi connectivity index (χ0v) is 48.0. The normalized spacial score (nSPS) is 15.3. The number of aliphatic carboxylic acids is 1. The number of aromatic nitrogens is 6. The Labute approximate surface area is 496 Å². The third-order valence-electron chi connectivity index (χ3n) is 14.9. The summed E-state index contributed by atoms with van der Waals surface area (Å²) in [5, 5.41) is 25.1. The van der Waals surface area contributed by atoms with Crippen molar-refractivity contribution in [2.75, 3.05) is 16.0 Å². The molecule has 2 aliphatic heterocycles. The molecule has 2 aliphatic rings. The third kappa shape index (κ3) is 12.0. The number of hydrogen-bond acceptors (Lipinski definition) is 14. The molecule has 438 valence electrons. The van der Waals surface area contributed by atoms with Crippen molar-refractivity contribution in [1.29, 1.82) is 0 Å². The molecule has 5 aromatic carbocycles. The highest BCUT2D eigenvalue weighted by Gasteiger charge is 2.51. The van der Waals surface area contributed by atoms with E-state index in [1.54, 1.807) is 92.1 Å². The lowest BCUT2D eigenvalue weighted by molar-refractivity contribution is -0.191. The Morgan fingerprint density at radius 3 is 2.31 bits per heavy atom. The van der Waals surface area contributed by atoms with Crippen LogP contribution >= 0.6 is 12.2 Å². The van der Waals surface area contributed by atoms with E-state index in [0.29, 0.717) is 50.6 Å². The molecule has 23 nitrogen and oxygen atoms in total. The molecule has 0 saturated heterocycles. The summed E-state index contributed by atoms with van der Waals surface area (Å²) in [4.78, 5) is 102. The smallest absolute Gasteiger partial charge is 0.355 e. The number of carboxylic acid groups (broad SMARTS) is 1. The highest BCUT2D eigenvalue weighted by atomic mass is 32.2. The van der Waals surface area contributed by atoms with Gasteiger partial charge >= 0.3 is 23.9 Å². The molecule has 0 saturated carbocycles. The number of ether oxygens (including phenoxy) is 2. The molecule has 0 bridgehead atoms. The number of fused-ring (bicyclic) bond motifs is 6. The number of nitrogens with one attached hydrogen (secondary N) is 8. The first-order valence-corrected chi connectivity index (χ1v) is 29.2. The van der Waals surface area contributed by atoms with Crippen LogP contribution in [-0.4, -0.2) is 90.1 Å². The Morgan fingerprint density at radius 2 is 1.57 bits per heavy atom. The van der Waals surface area contributed by atoms with Gasteiger partial charge in [-0.1, -0.05) is 87.5 Å². The summed E-state index contributed by atoms with van der Waals surface area (Å²) in [7, 11) is -4.40. The molecule has 9 aromatic rings. The van der Waals surface area contributed by atoms with E-state index >= 15 is 0 Å². The second kappa shape index (κ2) is 23.9. The fourth-order valence-corrected chi connectivity index (χ4v) is 12.1. The maximum atomic E-state index is 14.6. The number of sulfonamides is 1. The number of H-pyrrole nitrogens is 2. The second-order valence-corrected chi connectivity index (χ2v) is 23.2. The fourth-order valence-electron chi connectivity index (χ4n) is 10.6. The average molecular weight is 1200 g/mol. The van der Waals surface area contributed by atoms with Gasteiger partial charge in [-0.25, -0.2) is 42.5 Å². The van der Waals surface area contributed by atoms with E-state index in [4.69, 9.17) is 26.7 Å². The second-order valence-electron chi connectivity index (χ2n) is 21.0. The van der Waals surface area contributed by atoms with Crippen molar-refractivity contribution in [2.45, 2.75) is 81.8 Å². The number of benzene rings is 5. The van der Waals surface area contributed by atoms with E-state index in [2.05, 4.69) is 51.2 Å². The Balaban J connectivity index is 0.775. The Bertz CT molecular complexity index is 4330. The number of cyclic esters (lactones) is 1. The molecular formula is C61H56N12O11S2. The molecule has 6 heterocycles. The highest BCUT2D eigenvalue weighted by Crippen LogP contribution is 2.41. The van der Waals surface area contributed by atoms with Gasteiger partial charge in [0.05, 0.1) is 63.7 Å². The minimum Gasteiger partial charge on any atom is -0.481 e. The predicted molar refractivity (Wildman–Crippen MR) is 323 cm³/mol. The SMILES string of the molecule is CC[C@@]1(OC(=O)[C@@H](NC(=O)[C@H](Cc2cnc[nH]2)NC(=S)Nc2cccc(C(CC(=O)O)NS(=O)(=O)c3cccc(-c4cccc(NC(=O)Nc5nc6ccccc6[nH]5)c4)c3)c2)C(C)C)C(=O)OCc2c1cc1n(c2=O)Cc2cc3ccccc3nc2-1. The molecule has 0 fully saturated rings. The number of para-hydroxylation sites is 3. The number of rotatable bonds is 19. The van der Waals surface area contributed by atoms with Gasteiger partial charge in [-0.15, -0.1) is 0 Å². The largest absolute Gasteiger partial charge is 0.481 e. The number of esters is 2. The topological polar surface area (TPSA) is 323 Å². The molecule has 11 rings (SSSR count). The monoisotopic (exact) mass is 1200 g/mol. The van der Waals surface area contributed by atoms with E-state index in [1.165, 1.54) is 30.7 Å². The van der Waals surface area contributed by atoms with Crippen molar-refractivity contribution in [1.82, 2.24) is 44.8 Å². The number of urea groups is 1. The van der Waals surface area contributed by atoms with Crippen molar-refractivity contribution < 1.29 is 47.0 Å². The quantitative estimate of drug-likeness (QED) is 0.0276. The van der Waals surface area contributed by atoms with Crippen LogP contribution in [0.3, 0.4) is 0 Å². The minimum atomic E-state index is -4.40. The molecule has 3 amide bonds. The molecular weight excluding hydrogens is 1140 g/mol. The van der Waals surface area contributed by atoms with Gasteiger partial charge < -0.3 is 50.4 Å². The maximum Gasteiger partial charge on any atom is 0.355 e. The van der Waals surface area contributed by atoms with Gasteiger partial charge in [-0.2, -0.15) is 0 Å². The van der Waals surface area contributed by atoms with Gasteiger partial charge in [0.2, 0.25) is 27.5 Å². The number of carboxylic acids is 1. The first-order valence-electron chi connectivity index (χ1n) is 27.3. The van der Waals surface area contributed by atoms with Gasteiger partial charge in [0.25, 0.3) is 5.56 Å². The van der Waals surface area contributed by atoms with Crippen molar-refractivity contribution >= 4 is 96.5 Å². The van der Waals surface area contributed by atoms with Gasteiger partial charge in [-0.05, 0) is 108 Å². The summed E-state index contributed by atoms with van der Waals surface area (Å²) in [6.45, 7) is 4.90. The highest BCUT2D eigenvalue weighted by molar-refractivity contribution is 7.89. The lowest BCUT2D eigenvalue weighted by atomic mass is 9.85. The van der Waals surface area contributed by atoms with Gasteiger partial charge in [0, 0.05) is 46.2 Å². The third-order valence-corrected chi connectivity index (χ3v) is 16.6. The van der Waals surface area contributed by atoms with Crippen LogP contribution in [0.5, 0.6) is 0 Å². The molecule has 0 aliphatic carbocycles. The van der Waals surface area contributed by atoms with Crippen molar-refractivity contribution in [3.05, 3.63) is 184 Å².